The second kappa shape index (κ2) is 7.59. The fraction of sp³-hybridized carbons (Fsp3) is 0.833. The standard InChI is InChI=1S/C12H24N2O3.ClH/c1-6-7-12(4,13)9(15)14-8-11(2,3)10(16)17-5;/h6-8,13H2,1-5H3,(H,14,15);1H. The van der Waals surface area contributed by atoms with Crippen LogP contribution in [0.3, 0.4) is 0 Å². The van der Waals surface area contributed by atoms with E-state index in [1.807, 2.05) is 6.92 Å². The van der Waals surface area contributed by atoms with Crippen LogP contribution in [0.1, 0.15) is 40.5 Å². The number of rotatable bonds is 6. The van der Waals surface area contributed by atoms with Crippen molar-refractivity contribution in [1.29, 1.82) is 0 Å². The van der Waals surface area contributed by atoms with Gasteiger partial charge in [0.2, 0.25) is 5.91 Å². The quantitative estimate of drug-likeness (QED) is 0.717. The Kier molecular flexibility index (Phi) is 8.23. The molecule has 0 aromatic carbocycles. The Morgan fingerprint density at radius 1 is 1.28 bits per heavy atom. The SMILES string of the molecule is CCCC(C)(N)C(=O)NCC(C)(C)C(=O)OC.Cl. The van der Waals surface area contributed by atoms with E-state index in [1.165, 1.54) is 7.11 Å². The summed E-state index contributed by atoms with van der Waals surface area (Å²) in [7, 11) is 1.33. The fourth-order valence-corrected chi connectivity index (χ4v) is 1.48. The van der Waals surface area contributed by atoms with Crippen LogP contribution < -0.4 is 11.1 Å². The molecule has 0 bridgehead atoms. The molecule has 0 aliphatic carbocycles. The zero-order chi connectivity index (χ0) is 13.7. The minimum Gasteiger partial charge on any atom is -0.469 e. The normalized spacial score (nSPS) is 14.1. The molecule has 3 N–H and O–H groups in total. The molecule has 0 heterocycles. The van der Waals surface area contributed by atoms with Gasteiger partial charge >= 0.3 is 5.97 Å². The van der Waals surface area contributed by atoms with Crippen LogP contribution >= 0.6 is 12.4 Å². The van der Waals surface area contributed by atoms with Crippen molar-refractivity contribution in [3.05, 3.63) is 0 Å². The van der Waals surface area contributed by atoms with Gasteiger partial charge < -0.3 is 15.8 Å². The lowest BCUT2D eigenvalue weighted by Gasteiger charge is -2.27. The summed E-state index contributed by atoms with van der Waals surface area (Å²) >= 11 is 0. The first kappa shape index (κ1) is 19.5. The lowest BCUT2D eigenvalue weighted by Crippen LogP contribution is -2.53. The summed E-state index contributed by atoms with van der Waals surface area (Å²) in [6, 6.07) is 0. The number of hydrogen-bond acceptors (Lipinski definition) is 4. The van der Waals surface area contributed by atoms with Crippen molar-refractivity contribution in [2.24, 2.45) is 11.1 Å². The van der Waals surface area contributed by atoms with E-state index >= 15 is 0 Å². The van der Waals surface area contributed by atoms with Gasteiger partial charge in [-0.15, -0.1) is 12.4 Å². The number of amides is 1. The van der Waals surface area contributed by atoms with Crippen LogP contribution in [0.4, 0.5) is 0 Å². The maximum absolute atomic E-state index is 11.8. The molecule has 0 aliphatic heterocycles. The number of hydrogen-bond donors (Lipinski definition) is 2. The van der Waals surface area contributed by atoms with Crippen molar-refractivity contribution in [2.45, 2.75) is 46.1 Å². The molecule has 0 rings (SSSR count). The minimum absolute atomic E-state index is 0. The van der Waals surface area contributed by atoms with Crippen molar-refractivity contribution in [3.8, 4) is 0 Å². The number of methoxy groups -OCH3 is 1. The van der Waals surface area contributed by atoms with E-state index in [0.717, 1.165) is 6.42 Å². The topological polar surface area (TPSA) is 81.4 Å². The first-order valence-corrected chi connectivity index (χ1v) is 5.83. The summed E-state index contributed by atoms with van der Waals surface area (Å²) in [5, 5.41) is 2.70. The van der Waals surface area contributed by atoms with Gasteiger partial charge in [0.1, 0.15) is 0 Å². The molecule has 6 heteroatoms. The van der Waals surface area contributed by atoms with Crippen LogP contribution in [0.2, 0.25) is 0 Å². The maximum Gasteiger partial charge on any atom is 0.313 e. The molecule has 1 atom stereocenters. The van der Waals surface area contributed by atoms with Crippen molar-refractivity contribution >= 4 is 24.3 Å². The van der Waals surface area contributed by atoms with Gasteiger partial charge in [0.15, 0.2) is 0 Å². The van der Waals surface area contributed by atoms with Crippen molar-refractivity contribution in [3.63, 3.8) is 0 Å². The summed E-state index contributed by atoms with van der Waals surface area (Å²) in [6.45, 7) is 7.31. The summed E-state index contributed by atoms with van der Waals surface area (Å²) in [4.78, 5) is 23.2. The fourth-order valence-electron chi connectivity index (χ4n) is 1.48. The first-order valence-electron chi connectivity index (χ1n) is 5.83. The number of carbonyl (C=O) groups excluding carboxylic acids is 2. The predicted molar refractivity (Wildman–Crippen MR) is 73.6 cm³/mol. The van der Waals surface area contributed by atoms with Crippen LogP contribution in [0.5, 0.6) is 0 Å². The van der Waals surface area contributed by atoms with Crippen LogP contribution in [0.25, 0.3) is 0 Å². The van der Waals surface area contributed by atoms with Crippen LogP contribution in [0, 0.1) is 5.41 Å². The average molecular weight is 281 g/mol. The molecule has 0 aromatic rings. The molecule has 0 aliphatic rings. The minimum atomic E-state index is -0.888. The Bertz CT molecular complexity index is 291. The van der Waals surface area contributed by atoms with Crippen molar-refractivity contribution in [2.75, 3.05) is 13.7 Å². The first-order chi connectivity index (χ1) is 7.67. The highest BCUT2D eigenvalue weighted by Crippen LogP contribution is 2.16. The van der Waals surface area contributed by atoms with Gasteiger partial charge in [-0.05, 0) is 27.2 Å². The molecule has 0 spiro atoms. The Hall–Kier alpha value is -0.810. The summed E-state index contributed by atoms with van der Waals surface area (Å²) < 4.78 is 4.66. The van der Waals surface area contributed by atoms with Gasteiger partial charge in [-0.3, -0.25) is 9.59 Å². The van der Waals surface area contributed by atoms with Gasteiger partial charge in [-0.1, -0.05) is 13.3 Å². The second-order valence-electron chi connectivity index (χ2n) is 5.23. The second-order valence-corrected chi connectivity index (χ2v) is 5.23. The number of halogens is 1. The van der Waals surface area contributed by atoms with Gasteiger partial charge in [0.05, 0.1) is 18.1 Å². The lowest BCUT2D eigenvalue weighted by molar-refractivity contribution is -0.150. The van der Waals surface area contributed by atoms with Gasteiger partial charge in [0.25, 0.3) is 0 Å². The molecule has 1 unspecified atom stereocenters. The lowest BCUT2D eigenvalue weighted by atomic mass is 9.92. The zero-order valence-electron chi connectivity index (χ0n) is 11.8. The zero-order valence-corrected chi connectivity index (χ0v) is 12.6. The molecular weight excluding hydrogens is 256 g/mol. The number of esters is 1. The number of nitrogens with two attached hydrogens (primary N) is 1. The molecule has 5 nitrogen and oxygen atoms in total. The predicted octanol–water partition coefficient (Wildman–Crippen LogP) is 1.24. The van der Waals surface area contributed by atoms with E-state index in [4.69, 9.17) is 5.73 Å². The van der Waals surface area contributed by atoms with E-state index in [2.05, 4.69) is 10.1 Å². The van der Waals surface area contributed by atoms with Gasteiger partial charge in [-0.2, -0.15) is 0 Å². The Balaban J connectivity index is 0. The summed E-state index contributed by atoms with van der Waals surface area (Å²) in [6.07, 6.45) is 1.44. The smallest absolute Gasteiger partial charge is 0.313 e. The molecule has 18 heavy (non-hydrogen) atoms. The third-order valence-electron chi connectivity index (χ3n) is 2.72. The molecule has 108 valence electrons. The number of ether oxygens (including phenoxy) is 1. The highest BCUT2D eigenvalue weighted by Gasteiger charge is 2.32. The molecule has 0 saturated carbocycles. The van der Waals surface area contributed by atoms with E-state index in [0.29, 0.717) is 6.42 Å². The average Bonchev–Trinajstić information content (AvgIpc) is 2.24. The van der Waals surface area contributed by atoms with Gasteiger partial charge in [0, 0.05) is 6.54 Å². The molecule has 0 radical (unpaired) electrons. The summed E-state index contributed by atoms with van der Waals surface area (Å²) in [5.41, 5.74) is 4.25. The van der Waals surface area contributed by atoms with Crippen LogP contribution in [-0.4, -0.2) is 31.1 Å². The monoisotopic (exact) mass is 280 g/mol. The van der Waals surface area contributed by atoms with E-state index in [9.17, 15) is 9.59 Å². The van der Waals surface area contributed by atoms with E-state index in [1.54, 1.807) is 20.8 Å². The largest absolute Gasteiger partial charge is 0.469 e. The Morgan fingerprint density at radius 2 is 1.78 bits per heavy atom. The Morgan fingerprint density at radius 3 is 2.17 bits per heavy atom. The Labute approximate surface area is 115 Å². The number of carbonyl (C=O) groups is 2. The van der Waals surface area contributed by atoms with Crippen LogP contribution in [-0.2, 0) is 14.3 Å². The molecule has 0 fully saturated rings. The molecule has 0 saturated heterocycles. The molecule has 1 amide bonds. The molecule has 0 aromatic heterocycles. The van der Waals surface area contributed by atoms with Crippen molar-refractivity contribution < 1.29 is 14.3 Å². The highest BCUT2D eigenvalue weighted by atomic mass is 35.5. The van der Waals surface area contributed by atoms with Crippen molar-refractivity contribution in [1.82, 2.24) is 5.32 Å². The maximum atomic E-state index is 11.8. The summed E-state index contributed by atoms with van der Waals surface area (Å²) in [5.74, 6) is -0.594. The van der Waals surface area contributed by atoms with Gasteiger partial charge in [-0.25, -0.2) is 0 Å². The third kappa shape index (κ3) is 5.69. The number of nitrogens with one attached hydrogen (secondary N) is 1. The van der Waals surface area contributed by atoms with E-state index in [-0.39, 0.29) is 30.8 Å². The van der Waals surface area contributed by atoms with E-state index < -0.39 is 11.0 Å². The molecular formula is C12H25ClN2O3. The third-order valence-corrected chi connectivity index (χ3v) is 2.72. The highest BCUT2D eigenvalue weighted by molar-refractivity contribution is 5.86. The van der Waals surface area contributed by atoms with Crippen LogP contribution in [0.15, 0.2) is 0 Å².